The predicted octanol–water partition coefficient (Wildman–Crippen LogP) is -1.61. The van der Waals surface area contributed by atoms with E-state index >= 15 is 0 Å². The second-order valence-corrected chi connectivity index (χ2v) is 18.0. The van der Waals surface area contributed by atoms with Crippen molar-refractivity contribution in [1.29, 1.82) is 0 Å². The topological polar surface area (TPSA) is 375 Å². The number of aliphatic imine (C=N–C) groups is 1. The molecule has 0 aliphatic heterocycles. The third kappa shape index (κ3) is 23.0. The molecule has 1 rings (SSSR count). The minimum atomic E-state index is -1.59. The van der Waals surface area contributed by atoms with Crippen molar-refractivity contribution >= 4 is 59.2 Å². The first-order chi connectivity index (χ1) is 30.8. The lowest BCUT2D eigenvalue weighted by atomic mass is 9.99. The van der Waals surface area contributed by atoms with E-state index in [1.54, 1.807) is 41.5 Å². The van der Waals surface area contributed by atoms with Gasteiger partial charge in [-0.15, -0.1) is 0 Å². The number of primary amides is 1. The minimum Gasteiger partial charge on any atom is -0.480 e. The van der Waals surface area contributed by atoms with E-state index in [0.717, 1.165) is 5.56 Å². The van der Waals surface area contributed by atoms with Crippen molar-refractivity contribution in [3.05, 3.63) is 35.9 Å². The van der Waals surface area contributed by atoms with Crippen molar-refractivity contribution < 1.29 is 48.3 Å². The molecule has 0 aliphatic rings. The Morgan fingerprint density at radius 2 is 1.08 bits per heavy atom. The molecule has 0 saturated carbocycles. The van der Waals surface area contributed by atoms with Crippen LogP contribution >= 0.6 is 0 Å². The average molecular weight is 931 g/mol. The number of aliphatic carboxylic acids is 1. The summed E-state index contributed by atoms with van der Waals surface area (Å²) in [7, 11) is 0. The molecule has 0 aromatic heterocycles. The molecule has 370 valence electrons. The number of hydrogen-bond donors (Lipinski definition) is 12. The van der Waals surface area contributed by atoms with Crippen molar-refractivity contribution in [2.75, 3.05) is 13.1 Å². The van der Waals surface area contributed by atoms with Crippen LogP contribution in [0.4, 0.5) is 0 Å². The summed E-state index contributed by atoms with van der Waals surface area (Å²) in [5, 5.41) is 27.3. The Balaban J connectivity index is 3.18. The zero-order valence-corrected chi connectivity index (χ0v) is 39.5. The molecule has 22 heteroatoms. The molecule has 16 N–H and O–H groups in total. The van der Waals surface area contributed by atoms with Gasteiger partial charge in [-0.1, -0.05) is 85.7 Å². The van der Waals surface area contributed by atoms with Crippen molar-refractivity contribution in [2.45, 2.75) is 143 Å². The molecule has 0 spiro atoms. The van der Waals surface area contributed by atoms with Crippen LogP contribution in [0.5, 0.6) is 0 Å². The third-order valence-corrected chi connectivity index (χ3v) is 9.94. The van der Waals surface area contributed by atoms with Gasteiger partial charge in [-0.25, -0.2) is 4.79 Å². The van der Waals surface area contributed by atoms with Crippen LogP contribution in [0.25, 0.3) is 0 Å². The number of rotatable bonds is 30. The van der Waals surface area contributed by atoms with Crippen LogP contribution in [0.1, 0.15) is 99.5 Å². The van der Waals surface area contributed by atoms with Crippen LogP contribution in [0.3, 0.4) is 0 Å². The number of benzene rings is 1. The Morgan fingerprint density at radius 1 is 0.591 bits per heavy atom. The molecule has 0 heterocycles. The van der Waals surface area contributed by atoms with E-state index in [9.17, 15) is 48.3 Å². The fourth-order valence-electron chi connectivity index (χ4n) is 6.65. The zero-order chi connectivity index (χ0) is 50.3. The number of amides is 8. The molecule has 0 fully saturated rings. The van der Waals surface area contributed by atoms with Gasteiger partial charge in [0, 0.05) is 6.54 Å². The van der Waals surface area contributed by atoms with Crippen molar-refractivity contribution in [2.24, 2.45) is 51.6 Å². The van der Waals surface area contributed by atoms with Gasteiger partial charge in [-0.2, -0.15) is 0 Å². The molecule has 1 aromatic carbocycles. The third-order valence-electron chi connectivity index (χ3n) is 9.94. The number of nitrogens with two attached hydrogens (primary N) is 4. The van der Waals surface area contributed by atoms with Gasteiger partial charge in [0.15, 0.2) is 5.96 Å². The van der Waals surface area contributed by atoms with Crippen LogP contribution < -0.4 is 60.2 Å². The second-order valence-electron chi connectivity index (χ2n) is 18.0. The van der Waals surface area contributed by atoms with Crippen molar-refractivity contribution in [3.63, 3.8) is 0 Å². The molecule has 0 bridgehead atoms. The predicted molar refractivity (Wildman–Crippen MR) is 247 cm³/mol. The Kier molecular flexibility index (Phi) is 25.6. The number of nitrogens with one attached hydrogen (secondary N) is 7. The Hall–Kier alpha value is -6.32. The van der Waals surface area contributed by atoms with Crippen molar-refractivity contribution in [3.8, 4) is 0 Å². The highest BCUT2D eigenvalue weighted by Crippen LogP contribution is 2.12. The summed E-state index contributed by atoms with van der Waals surface area (Å²) in [4.78, 5) is 122. The maximum atomic E-state index is 13.9. The Bertz CT molecular complexity index is 1820. The van der Waals surface area contributed by atoms with E-state index in [1.807, 2.05) is 44.2 Å². The lowest BCUT2D eigenvalue weighted by Crippen LogP contribution is -2.59. The number of nitrogens with zero attached hydrogens (tertiary/aromatic N) is 1. The van der Waals surface area contributed by atoms with Crippen LogP contribution in [0.2, 0.25) is 0 Å². The van der Waals surface area contributed by atoms with Gasteiger partial charge in [-0.05, 0) is 67.8 Å². The van der Waals surface area contributed by atoms with Crippen LogP contribution in [0.15, 0.2) is 35.3 Å². The highest BCUT2D eigenvalue weighted by Gasteiger charge is 2.34. The monoisotopic (exact) mass is 931 g/mol. The smallest absolute Gasteiger partial charge is 0.326 e. The van der Waals surface area contributed by atoms with E-state index in [0.29, 0.717) is 0 Å². The van der Waals surface area contributed by atoms with E-state index in [1.165, 1.54) is 0 Å². The Morgan fingerprint density at radius 3 is 1.58 bits per heavy atom. The molecule has 0 radical (unpaired) electrons. The summed E-state index contributed by atoms with van der Waals surface area (Å²) in [6.45, 7) is 13.5. The fourth-order valence-corrected chi connectivity index (χ4v) is 6.65. The molecule has 8 amide bonds. The summed E-state index contributed by atoms with van der Waals surface area (Å²) in [5.74, 6) is -8.73. The normalized spacial score (nSPS) is 14.4. The molecule has 1 aromatic rings. The standard InChI is InChI=1S/C44H74N12O10/c1-23(2)17-30(38(60)50-22-35(58)51-32(21-34(46)57)41(63)56-36(26(7)8)42(64)55-33(43(65)66)19-25(5)6)53-40(62)31(18-24(3)4)54-39(61)29(15-12-16-49-44(47)48)52-37(59)28(45)20-27-13-10-9-11-14-27/h9-11,13-14,23-26,28-33,36H,12,15-22,45H2,1-8H3,(H2,46,57)(H,50,60)(H,51,58)(H,52,59)(H,53,62)(H,54,61)(H,55,64)(H,56,63)(H,65,66)(H4,47,48,49)/t28-,29-,30-,31-,32-,33-,36-/m0/s1. The lowest BCUT2D eigenvalue weighted by molar-refractivity contribution is -0.143. The van der Waals surface area contributed by atoms with E-state index in [2.05, 4.69) is 42.2 Å². The highest BCUT2D eigenvalue weighted by molar-refractivity contribution is 5.98. The zero-order valence-electron chi connectivity index (χ0n) is 39.5. The lowest BCUT2D eigenvalue weighted by Gasteiger charge is -2.27. The first kappa shape index (κ1) is 57.7. The van der Waals surface area contributed by atoms with E-state index in [-0.39, 0.29) is 68.8 Å². The maximum Gasteiger partial charge on any atom is 0.326 e. The number of carboxylic acids is 1. The summed E-state index contributed by atoms with van der Waals surface area (Å²) < 4.78 is 0. The van der Waals surface area contributed by atoms with Gasteiger partial charge < -0.3 is 65.3 Å². The second kappa shape index (κ2) is 29.3. The van der Waals surface area contributed by atoms with Gasteiger partial charge in [0.05, 0.1) is 19.0 Å². The SMILES string of the molecule is CC(C)C[C@H](NC(=O)[C@@H](NC(=O)[C@H](CC(N)=O)NC(=O)CNC(=O)[C@H](CC(C)C)NC(=O)[C@H](CC(C)C)NC(=O)[C@H](CCCN=C(N)N)NC(=O)[C@@H](N)Cc1ccccc1)C(C)C)C(=O)O. The van der Waals surface area contributed by atoms with E-state index in [4.69, 9.17) is 22.9 Å². The average Bonchev–Trinajstić information content (AvgIpc) is 3.21. The first-order valence-electron chi connectivity index (χ1n) is 22.3. The van der Waals surface area contributed by atoms with Gasteiger partial charge in [0.1, 0.15) is 36.3 Å². The van der Waals surface area contributed by atoms with Gasteiger partial charge in [0.2, 0.25) is 47.3 Å². The minimum absolute atomic E-state index is 0.0723. The van der Waals surface area contributed by atoms with Gasteiger partial charge in [0.25, 0.3) is 0 Å². The summed E-state index contributed by atoms with van der Waals surface area (Å²) in [6, 6.07) is 0.490. The van der Waals surface area contributed by atoms with Crippen LogP contribution in [-0.2, 0) is 49.6 Å². The molecule has 66 heavy (non-hydrogen) atoms. The summed E-state index contributed by atoms with van der Waals surface area (Å²) >= 11 is 0. The molecular formula is C44H74N12O10. The van der Waals surface area contributed by atoms with Crippen molar-refractivity contribution in [1.82, 2.24) is 37.2 Å². The largest absolute Gasteiger partial charge is 0.480 e. The molecule has 22 nitrogen and oxygen atoms in total. The fraction of sp³-hybridized carbons (Fsp3) is 0.636. The number of carbonyl (C=O) groups is 9. The maximum absolute atomic E-state index is 13.9. The highest BCUT2D eigenvalue weighted by atomic mass is 16.4. The molecule has 0 aliphatic carbocycles. The van der Waals surface area contributed by atoms with Gasteiger partial charge in [-0.3, -0.25) is 43.3 Å². The van der Waals surface area contributed by atoms with Gasteiger partial charge >= 0.3 is 5.97 Å². The quantitative estimate of drug-likeness (QED) is 0.0235. The molecule has 0 saturated heterocycles. The summed E-state index contributed by atoms with van der Waals surface area (Å²) in [6.07, 6.45) is 0.261. The number of carboxylic acid groups (broad SMARTS) is 1. The molecular weight excluding hydrogens is 857 g/mol. The first-order valence-corrected chi connectivity index (χ1v) is 22.3. The van der Waals surface area contributed by atoms with Crippen LogP contribution in [-0.4, -0.2) is 120 Å². The van der Waals surface area contributed by atoms with Crippen LogP contribution in [0, 0.1) is 23.7 Å². The number of guanidine groups is 1. The van der Waals surface area contributed by atoms with E-state index < -0.39 is 114 Å². The molecule has 0 unspecified atom stereocenters. The summed E-state index contributed by atoms with van der Waals surface area (Å²) in [5.41, 5.74) is 23.3. The Labute approximate surface area is 387 Å². The molecule has 7 atom stereocenters. The number of hydrogen-bond acceptors (Lipinski definition) is 11. The number of carbonyl (C=O) groups excluding carboxylic acids is 8.